The lowest BCUT2D eigenvalue weighted by atomic mass is 9.92. The van der Waals surface area contributed by atoms with Crippen molar-refractivity contribution in [1.29, 1.82) is 0 Å². The first kappa shape index (κ1) is 19.7. The van der Waals surface area contributed by atoms with Crippen LogP contribution in [0.3, 0.4) is 0 Å². The first-order chi connectivity index (χ1) is 12.9. The third kappa shape index (κ3) is 4.82. The molecule has 0 saturated carbocycles. The summed E-state index contributed by atoms with van der Waals surface area (Å²) in [6.07, 6.45) is 4.11. The van der Waals surface area contributed by atoms with E-state index in [0.29, 0.717) is 5.75 Å². The molecule has 0 aliphatic heterocycles. The van der Waals surface area contributed by atoms with Gasteiger partial charge in [-0.25, -0.2) is 13.1 Å². The predicted molar refractivity (Wildman–Crippen MR) is 106 cm³/mol. The second-order valence-corrected chi connectivity index (χ2v) is 8.81. The Balaban J connectivity index is 1.72. The molecule has 2 aromatic carbocycles. The van der Waals surface area contributed by atoms with E-state index in [9.17, 15) is 8.42 Å². The number of ether oxygens (including phenoxy) is 2. The Morgan fingerprint density at radius 1 is 1.07 bits per heavy atom. The smallest absolute Gasteiger partial charge is 0.244 e. The minimum absolute atomic E-state index is 0.202. The van der Waals surface area contributed by atoms with Crippen LogP contribution in [0.15, 0.2) is 41.3 Å². The molecule has 146 valence electrons. The van der Waals surface area contributed by atoms with Crippen LogP contribution in [0.4, 0.5) is 0 Å². The van der Waals surface area contributed by atoms with Crippen LogP contribution < -0.4 is 14.2 Å². The van der Waals surface area contributed by atoms with Crippen molar-refractivity contribution in [1.82, 2.24) is 4.72 Å². The molecular weight excluding hydrogens is 362 g/mol. The molecular formula is C21H27NO4S. The molecule has 0 aromatic heterocycles. The van der Waals surface area contributed by atoms with Gasteiger partial charge in [0.1, 0.15) is 23.0 Å². The van der Waals surface area contributed by atoms with Crippen LogP contribution in [0.2, 0.25) is 0 Å². The van der Waals surface area contributed by atoms with Crippen LogP contribution in [-0.4, -0.2) is 28.2 Å². The summed E-state index contributed by atoms with van der Waals surface area (Å²) in [4.78, 5) is 0.202. The van der Waals surface area contributed by atoms with E-state index >= 15 is 0 Å². The minimum Gasteiger partial charge on any atom is -0.495 e. The van der Waals surface area contributed by atoms with Gasteiger partial charge in [0.25, 0.3) is 0 Å². The number of benzene rings is 2. The molecule has 1 aliphatic carbocycles. The highest BCUT2D eigenvalue weighted by molar-refractivity contribution is 7.89. The average molecular weight is 390 g/mol. The van der Waals surface area contributed by atoms with E-state index < -0.39 is 10.0 Å². The first-order valence-electron chi connectivity index (χ1n) is 9.30. The lowest BCUT2D eigenvalue weighted by Gasteiger charge is -2.21. The van der Waals surface area contributed by atoms with Crippen molar-refractivity contribution in [3.05, 3.63) is 53.1 Å². The quantitative estimate of drug-likeness (QED) is 0.785. The summed E-state index contributed by atoms with van der Waals surface area (Å²) < 4.78 is 39.6. The molecule has 0 heterocycles. The van der Waals surface area contributed by atoms with Crippen LogP contribution in [0.25, 0.3) is 0 Å². The third-order valence-electron chi connectivity index (χ3n) is 4.79. The Bertz CT molecular complexity index is 891. The van der Waals surface area contributed by atoms with E-state index in [1.807, 2.05) is 37.3 Å². The van der Waals surface area contributed by atoms with E-state index in [1.165, 1.54) is 12.7 Å². The van der Waals surface area contributed by atoms with Crippen LogP contribution >= 0.6 is 0 Å². The highest BCUT2D eigenvalue weighted by Gasteiger charge is 2.25. The van der Waals surface area contributed by atoms with Gasteiger partial charge in [0, 0.05) is 0 Å². The largest absolute Gasteiger partial charge is 0.495 e. The van der Waals surface area contributed by atoms with Gasteiger partial charge in [0.2, 0.25) is 10.0 Å². The Hall–Kier alpha value is -2.05. The molecule has 3 rings (SSSR count). The van der Waals surface area contributed by atoms with E-state index in [0.717, 1.165) is 42.6 Å². The average Bonchev–Trinajstić information content (AvgIpc) is 2.66. The zero-order valence-electron chi connectivity index (χ0n) is 16.1. The normalized spacial score (nSPS) is 15.1. The number of aryl methyl sites for hydroxylation is 3. The maximum Gasteiger partial charge on any atom is 0.244 e. The van der Waals surface area contributed by atoms with E-state index in [4.69, 9.17) is 9.47 Å². The molecule has 0 spiro atoms. The molecule has 0 saturated heterocycles. The maximum atomic E-state index is 12.9. The molecule has 5 nitrogen and oxygen atoms in total. The number of rotatable bonds is 7. The second kappa shape index (κ2) is 8.31. The van der Waals surface area contributed by atoms with Crippen molar-refractivity contribution in [2.75, 3.05) is 13.7 Å². The van der Waals surface area contributed by atoms with Crippen molar-refractivity contribution < 1.29 is 17.9 Å². The van der Waals surface area contributed by atoms with Crippen LogP contribution in [0, 0.1) is 6.92 Å². The monoisotopic (exact) mass is 389 g/mol. The maximum absolute atomic E-state index is 12.9. The van der Waals surface area contributed by atoms with Gasteiger partial charge in [-0.1, -0.05) is 17.7 Å². The van der Waals surface area contributed by atoms with Crippen LogP contribution in [0.1, 0.15) is 36.5 Å². The van der Waals surface area contributed by atoms with Crippen molar-refractivity contribution in [3.63, 3.8) is 0 Å². The van der Waals surface area contributed by atoms with Gasteiger partial charge in [-0.3, -0.25) is 0 Å². The fourth-order valence-corrected chi connectivity index (χ4v) is 4.76. The Kier molecular flexibility index (Phi) is 6.07. The first-order valence-corrected chi connectivity index (χ1v) is 10.8. The molecule has 0 fully saturated rings. The molecule has 1 N–H and O–H groups in total. The SMILES string of the molecule is COc1cc2c(cc1S(=O)(=O)N[C@H](C)COc1ccc(C)cc1)CCCC2. The molecule has 0 radical (unpaired) electrons. The molecule has 1 atom stereocenters. The number of sulfonamides is 1. The zero-order chi connectivity index (χ0) is 19.4. The lowest BCUT2D eigenvalue weighted by Crippen LogP contribution is -2.37. The Labute approximate surface area is 161 Å². The number of hydrogen-bond donors (Lipinski definition) is 1. The lowest BCUT2D eigenvalue weighted by molar-refractivity contribution is 0.287. The molecule has 0 unspecified atom stereocenters. The van der Waals surface area contributed by atoms with Gasteiger partial charge in [0.15, 0.2) is 0 Å². The summed E-state index contributed by atoms with van der Waals surface area (Å²) in [7, 11) is -2.19. The van der Waals surface area contributed by atoms with Gasteiger partial charge < -0.3 is 9.47 Å². The Morgan fingerprint density at radius 2 is 1.70 bits per heavy atom. The summed E-state index contributed by atoms with van der Waals surface area (Å²) in [5.41, 5.74) is 3.44. The molecule has 0 bridgehead atoms. The highest BCUT2D eigenvalue weighted by Crippen LogP contribution is 2.32. The summed E-state index contributed by atoms with van der Waals surface area (Å²) >= 11 is 0. The van der Waals surface area contributed by atoms with Crippen molar-refractivity contribution >= 4 is 10.0 Å². The number of hydrogen-bond acceptors (Lipinski definition) is 4. The fourth-order valence-electron chi connectivity index (χ4n) is 3.33. The van der Waals surface area contributed by atoms with E-state index in [2.05, 4.69) is 4.72 Å². The zero-order valence-corrected chi connectivity index (χ0v) is 16.9. The molecule has 27 heavy (non-hydrogen) atoms. The molecule has 1 aliphatic rings. The standard InChI is InChI=1S/C21H27NO4S/c1-15-8-10-19(11-9-15)26-14-16(2)22-27(23,24)21-13-18-7-5-4-6-17(18)12-20(21)25-3/h8-13,16,22H,4-7,14H2,1-3H3/t16-/m1/s1. The fraction of sp³-hybridized carbons (Fsp3) is 0.429. The highest BCUT2D eigenvalue weighted by atomic mass is 32.2. The number of methoxy groups -OCH3 is 1. The van der Waals surface area contributed by atoms with Crippen molar-refractivity contribution in [2.45, 2.75) is 50.5 Å². The molecule has 6 heteroatoms. The van der Waals surface area contributed by atoms with Gasteiger partial charge in [0.05, 0.1) is 13.2 Å². The molecule has 0 amide bonds. The van der Waals surface area contributed by atoms with Gasteiger partial charge in [-0.2, -0.15) is 0 Å². The van der Waals surface area contributed by atoms with Crippen LogP contribution in [0.5, 0.6) is 11.5 Å². The number of nitrogens with one attached hydrogen (secondary N) is 1. The predicted octanol–water partition coefficient (Wildman–Crippen LogP) is 3.63. The van der Waals surface area contributed by atoms with Gasteiger partial charge >= 0.3 is 0 Å². The van der Waals surface area contributed by atoms with Crippen molar-refractivity contribution in [2.24, 2.45) is 0 Å². The number of fused-ring (bicyclic) bond motifs is 1. The summed E-state index contributed by atoms with van der Waals surface area (Å²) in [5, 5.41) is 0. The topological polar surface area (TPSA) is 64.6 Å². The van der Waals surface area contributed by atoms with E-state index in [1.54, 1.807) is 13.0 Å². The Morgan fingerprint density at radius 3 is 2.33 bits per heavy atom. The van der Waals surface area contributed by atoms with Crippen molar-refractivity contribution in [3.8, 4) is 11.5 Å². The summed E-state index contributed by atoms with van der Waals surface area (Å²) in [6, 6.07) is 10.9. The third-order valence-corrected chi connectivity index (χ3v) is 6.41. The van der Waals surface area contributed by atoms with Crippen LogP contribution in [-0.2, 0) is 22.9 Å². The van der Waals surface area contributed by atoms with Gasteiger partial charge in [-0.05, 0) is 74.9 Å². The summed E-state index contributed by atoms with van der Waals surface area (Å²) in [5.74, 6) is 1.12. The summed E-state index contributed by atoms with van der Waals surface area (Å²) in [6.45, 7) is 4.04. The van der Waals surface area contributed by atoms with E-state index in [-0.39, 0.29) is 17.5 Å². The second-order valence-electron chi connectivity index (χ2n) is 7.13. The van der Waals surface area contributed by atoms with Gasteiger partial charge in [-0.15, -0.1) is 0 Å². The minimum atomic E-state index is -3.70. The molecule has 2 aromatic rings.